The van der Waals surface area contributed by atoms with E-state index in [1.54, 1.807) is 0 Å². The number of hydrogen-bond donors (Lipinski definition) is 0. The van der Waals surface area contributed by atoms with E-state index < -0.39 is 17.9 Å². The Morgan fingerprint density at radius 1 is 1.38 bits per heavy atom. The van der Waals surface area contributed by atoms with Gasteiger partial charge < -0.3 is 14.2 Å². The van der Waals surface area contributed by atoms with E-state index in [9.17, 15) is 9.59 Å². The van der Waals surface area contributed by atoms with Crippen LogP contribution in [-0.4, -0.2) is 39.4 Å². The summed E-state index contributed by atoms with van der Waals surface area (Å²) in [4.78, 5) is 23.1. The van der Waals surface area contributed by atoms with Crippen LogP contribution in [0.3, 0.4) is 0 Å². The summed E-state index contributed by atoms with van der Waals surface area (Å²) in [5.74, 6) is -2.36. The number of ether oxygens (including phenoxy) is 3. The number of esters is 2. The van der Waals surface area contributed by atoms with Crippen molar-refractivity contribution in [2.45, 2.75) is 6.92 Å². The Morgan fingerprint density at radius 2 is 1.94 bits per heavy atom. The third kappa shape index (κ3) is 2.41. The lowest BCUT2D eigenvalue weighted by atomic mass is 9.88. The van der Waals surface area contributed by atoms with E-state index in [1.807, 2.05) is 13.0 Å². The topological polar surface area (TPSA) is 61.8 Å². The minimum absolute atomic E-state index is 0.273. The SMILES string of the molecule is C/C=C1/COCC1C(C(=O)OC)C(=O)OC. The number of rotatable bonds is 3. The fraction of sp³-hybridized carbons (Fsp3) is 0.636. The highest BCUT2D eigenvalue weighted by atomic mass is 16.5. The van der Waals surface area contributed by atoms with E-state index in [-0.39, 0.29) is 5.92 Å². The Kier molecular flexibility index (Phi) is 4.49. The third-order valence-electron chi connectivity index (χ3n) is 2.73. The predicted octanol–water partition coefficient (Wildman–Crippen LogP) is 0.541. The molecular formula is C11H16O5. The van der Waals surface area contributed by atoms with Crippen LogP contribution in [0.15, 0.2) is 11.6 Å². The molecule has 90 valence electrons. The smallest absolute Gasteiger partial charge is 0.320 e. The Bertz CT molecular complexity index is 291. The zero-order valence-electron chi connectivity index (χ0n) is 9.69. The highest BCUT2D eigenvalue weighted by molar-refractivity contribution is 5.95. The molecule has 0 aromatic carbocycles. The van der Waals surface area contributed by atoms with Gasteiger partial charge in [0.25, 0.3) is 0 Å². The molecule has 1 aliphatic rings. The zero-order valence-corrected chi connectivity index (χ0v) is 9.69. The molecule has 0 N–H and O–H groups in total. The molecule has 0 amide bonds. The second-order valence-electron chi connectivity index (χ2n) is 3.51. The van der Waals surface area contributed by atoms with Gasteiger partial charge in [0.1, 0.15) is 0 Å². The van der Waals surface area contributed by atoms with Gasteiger partial charge in [0.15, 0.2) is 5.92 Å². The van der Waals surface area contributed by atoms with Crippen LogP contribution in [0.1, 0.15) is 6.92 Å². The van der Waals surface area contributed by atoms with Crippen molar-refractivity contribution in [2.75, 3.05) is 27.4 Å². The lowest BCUT2D eigenvalue weighted by Crippen LogP contribution is -2.34. The van der Waals surface area contributed by atoms with Gasteiger partial charge in [-0.1, -0.05) is 6.08 Å². The van der Waals surface area contributed by atoms with Crippen LogP contribution >= 0.6 is 0 Å². The summed E-state index contributed by atoms with van der Waals surface area (Å²) in [6, 6.07) is 0. The molecule has 1 atom stereocenters. The van der Waals surface area contributed by atoms with Gasteiger partial charge in [-0.25, -0.2) is 0 Å². The molecule has 1 fully saturated rings. The molecule has 16 heavy (non-hydrogen) atoms. The molecule has 5 heteroatoms. The average Bonchev–Trinajstić information content (AvgIpc) is 2.76. The van der Waals surface area contributed by atoms with Gasteiger partial charge in [-0.05, 0) is 12.5 Å². The van der Waals surface area contributed by atoms with Crippen molar-refractivity contribution in [1.29, 1.82) is 0 Å². The second-order valence-corrected chi connectivity index (χ2v) is 3.51. The molecule has 1 heterocycles. The highest BCUT2D eigenvalue weighted by Gasteiger charge is 2.41. The standard InChI is InChI=1S/C11H16O5/c1-4-7-5-16-6-8(7)9(10(12)14-2)11(13)15-3/h4,8-9H,5-6H2,1-3H3/b7-4-. The molecule has 0 spiro atoms. The lowest BCUT2D eigenvalue weighted by Gasteiger charge is -2.18. The van der Waals surface area contributed by atoms with E-state index >= 15 is 0 Å². The summed E-state index contributed by atoms with van der Waals surface area (Å²) >= 11 is 0. The van der Waals surface area contributed by atoms with E-state index in [1.165, 1.54) is 14.2 Å². The van der Waals surface area contributed by atoms with E-state index in [0.717, 1.165) is 5.57 Å². The Balaban J connectivity index is 2.92. The van der Waals surface area contributed by atoms with Crippen LogP contribution in [0.5, 0.6) is 0 Å². The molecule has 0 saturated carbocycles. The van der Waals surface area contributed by atoms with Gasteiger partial charge in [-0.3, -0.25) is 9.59 Å². The summed E-state index contributed by atoms with van der Waals surface area (Å²) in [5.41, 5.74) is 0.931. The van der Waals surface area contributed by atoms with Crippen LogP contribution in [0.25, 0.3) is 0 Å². The summed E-state index contributed by atoms with van der Waals surface area (Å²) < 4.78 is 14.5. The first-order chi connectivity index (χ1) is 7.65. The van der Waals surface area contributed by atoms with Crippen molar-refractivity contribution in [3.05, 3.63) is 11.6 Å². The summed E-state index contributed by atoms with van der Waals surface area (Å²) in [6.45, 7) is 2.64. The summed E-state index contributed by atoms with van der Waals surface area (Å²) in [6.07, 6.45) is 1.86. The fourth-order valence-corrected chi connectivity index (χ4v) is 1.80. The van der Waals surface area contributed by atoms with Crippen LogP contribution in [0, 0.1) is 11.8 Å². The predicted molar refractivity (Wildman–Crippen MR) is 55.6 cm³/mol. The van der Waals surface area contributed by atoms with Gasteiger partial charge in [0.05, 0.1) is 27.4 Å². The van der Waals surface area contributed by atoms with Gasteiger partial charge in [0.2, 0.25) is 0 Å². The maximum atomic E-state index is 11.6. The third-order valence-corrected chi connectivity index (χ3v) is 2.73. The van der Waals surface area contributed by atoms with Gasteiger partial charge in [-0.15, -0.1) is 0 Å². The van der Waals surface area contributed by atoms with Crippen LogP contribution in [0.4, 0.5) is 0 Å². The first-order valence-electron chi connectivity index (χ1n) is 5.04. The van der Waals surface area contributed by atoms with Crippen molar-refractivity contribution in [3.63, 3.8) is 0 Å². The molecule has 1 rings (SSSR count). The number of hydrogen-bond acceptors (Lipinski definition) is 5. The van der Waals surface area contributed by atoms with Crippen molar-refractivity contribution in [3.8, 4) is 0 Å². The molecule has 1 unspecified atom stereocenters. The zero-order chi connectivity index (χ0) is 12.1. The van der Waals surface area contributed by atoms with Gasteiger partial charge in [0, 0.05) is 5.92 Å². The molecule has 0 aromatic rings. The van der Waals surface area contributed by atoms with Gasteiger partial charge in [-0.2, -0.15) is 0 Å². The first-order valence-corrected chi connectivity index (χ1v) is 5.04. The van der Waals surface area contributed by atoms with Crippen molar-refractivity contribution in [1.82, 2.24) is 0 Å². The van der Waals surface area contributed by atoms with Gasteiger partial charge >= 0.3 is 11.9 Å². The largest absolute Gasteiger partial charge is 0.468 e. The minimum Gasteiger partial charge on any atom is -0.468 e. The van der Waals surface area contributed by atoms with Crippen LogP contribution in [0.2, 0.25) is 0 Å². The number of carbonyl (C=O) groups excluding carboxylic acids is 2. The Hall–Kier alpha value is -1.36. The summed E-state index contributed by atoms with van der Waals surface area (Å²) in [5, 5.41) is 0. The molecule has 5 nitrogen and oxygen atoms in total. The molecule has 1 saturated heterocycles. The number of allylic oxidation sites excluding steroid dienone is 1. The quantitative estimate of drug-likeness (QED) is 0.401. The second kappa shape index (κ2) is 5.65. The van der Waals surface area contributed by atoms with Crippen LogP contribution in [-0.2, 0) is 23.8 Å². The monoisotopic (exact) mass is 228 g/mol. The fourth-order valence-electron chi connectivity index (χ4n) is 1.80. The maximum Gasteiger partial charge on any atom is 0.320 e. The van der Waals surface area contributed by atoms with Crippen molar-refractivity contribution >= 4 is 11.9 Å². The average molecular weight is 228 g/mol. The lowest BCUT2D eigenvalue weighted by molar-refractivity contribution is -0.161. The molecule has 0 aliphatic carbocycles. The van der Waals surface area contributed by atoms with Crippen LogP contribution < -0.4 is 0 Å². The highest BCUT2D eigenvalue weighted by Crippen LogP contribution is 2.29. The van der Waals surface area contributed by atoms with Crippen molar-refractivity contribution < 1.29 is 23.8 Å². The normalized spacial score (nSPS) is 22.5. The van der Waals surface area contributed by atoms with E-state index in [0.29, 0.717) is 13.2 Å². The first kappa shape index (κ1) is 12.7. The number of methoxy groups -OCH3 is 2. The molecule has 0 aromatic heterocycles. The summed E-state index contributed by atoms with van der Waals surface area (Å²) in [7, 11) is 2.51. The Labute approximate surface area is 94.4 Å². The van der Waals surface area contributed by atoms with E-state index in [2.05, 4.69) is 9.47 Å². The molecule has 0 bridgehead atoms. The van der Waals surface area contributed by atoms with Crippen molar-refractivity contribution in [2.24, 2.45) is 11.8 Å². The molecule has 1 aliphatic heterocycles. The molecule has 0 radical (unpaired) electrons. The number of carbonyl (C=O) groups is 2. The van der Waals surface area contributed by atoms with E-state index in [4.69, 9.17) is 4.74 Å². The Morgan fingerprint density at radius 3 is 2.38 bits per heavy atom. The maximum absolute atomic E-state index is 11.6. The minimum atomic E-state index is -0.927. The molecular weight excluding hydrogens is 212 g/mol.